The zero-order valence-electron chi connectivity index (χ0n) is 19.4. The molecular formula is C27H27BO3S. The number of rotatable bonds is 1. The van der Waals surface area contributed by atoms with Crippen LogP contribution in [0.2, 0.25) is 0 Å². The van der Waals surface area contributed by atoms with Crippen LogP contribution in [0.3, 0.4) is 0 Å². The van der Waals surface area contributed by atoms with Crippen LogP contribution in [0, 0.1) is 0 Å². The Labute approximate surface area is 193 Å². The van der Waals surface area contributed by atoms with Crippen molar-refractivity contribution in [2.24, 2.45) is 0 Å². The van der Waals surface area contributed by atoms with Crippen molar-refractivity contribution in [2.75, 3.05) is 0 Å². The first-order valence-corrected chi connectivity index (χ1v) is 12.0. The van der Waals surface area contributed by atoms with Crippen LogP contribution in [0.4, 0.5) is 0 Å². The van der Waals surface area contributed by atoms with Crippen LogP contribution >= 0.6 is 11.3 Å². The molecule has 0 N–H and O–H groups in total. The van der Waals surface area contributed by atoms with Gasteiger partial charge in [0.2, 0.25) is 0 Å². The summed E-state index contributed by atoms with van der Waals surface area (Å²) in [5.41, 5.74) is 2.50. The van der Waals surface area contributed by atoms with Gasteiger partial charge in [0.1, 0.15) is 11.5 Å². The molecule has 3 nitrogen and oxygen atoms in total. The fourth-order valence-corrected chi connectivity index (χ4v) is 6.06. The average molecular weight is 442 g/mol. The monoisotopic (exact) mass is 442 g/mol. The maximum Gasteiger partial charge on any atom is 0.494 e. The molecule has 2 aliphatic heterocycles. The lowest BCUT2D eigenvalue weighted by molar-refractivity contribution is 0.00578. The fourth-order valence-electron chi connectivity index (χ4n) is 4.88. The van der Waals surface area contributed by atoms with Gasteiger partial charge >= 0.3 is 7.12 Å². The molecule has 0 saturated carbocycles. The van der Waals surface area contributed by atoms with Gasteiger partial charge in [-0.15, -0.1) is 11.3 Å². The van der Waals surface area contributed by atoms with Gasteiger partial charge in [-0.2, -0.15) is 0 Å². The fraction of sp³-hybridized carbons (Fsp3) is 0.333. The van der Waals surface area contributed by atoms with E-state index in [1.807, 2.05) is 0 Å². The third-order valence-corrected chi connectivity index (χ3v) is 8.78. The Balaban J connectivity index is 1.49. The van der Waals surface area contributed by atoms with Crippen molar-refractivity contribution in [3.05, 3.63) is 65.7 Å². The molecule has 0 radical (unpaired) electrons. The number of thiophene rings is 1. The summed E-state index contributed by atoms with van der Waals surface area (Å²) in [7, 11) is -0.404. The summed E-state index contributed by atoms with van der Waals surface area (Å²) in [5, 5.41) is 2.54. The maximum absolute atomic E-state index is 6.66. The quantitative estimate of drug-likeness (QED) is 0.304. The molecule has 1 fully saturated rings. The van der Waals surface area contributed by atoms with E-state index < -0.39 is 7.12 Å². The Morgan fingerprint density at radius 1 is 0.750 bits per heavy atom. The van der Waals surface area contributed by atoms with E-state index >= 15 is 0 Å². The van der Waals surface area contributed by atoms with Crippen LogP contribution < -0.4 is 10.2 Å². The average Bonchev–Trinajstić information content (AvgIpc) is 3.21. The van der Waals surface area contributed by atoms with E-state index in [0.29, 0.717) is 0 Å². The number of hydrogen-bond donors (Lipinski definition) is 0. The molecule has 0 unspecified atom stereocenters. The van der Waals surface area contributed by atoms with Crippen LogP contribution in [-0.4, -0.2) is 18.3 Å². The van der Waals surface area contributed by atoms with E-state index in [-0.39, 0.29) is 16.6 Å². The van der Waals surface area contributed by atoms with E-state index in [4.69, 9.17) is 14.0 Å². The lowest BCUT2D eigenvalue weighted by atomic mass is 9.72. The van der Waals surface area contributed by atoms with Crippen LogP contribution in [0.25, 0.3) is 20.2 Å². The SMILES string of the molecule is CC1(C)c2ccc(B3OC(C)(C)C(C)(C)O3)cc2Oc2c1ccc1c2sc2ccccc21. The Bertz CT molecular complexity index is 1380. The van der Waals surface area contributed by atoms with Crippen LogP contribution in [0.1, 0.15) is 52.7 Å². The first-order valence-electron chi connectivity index (χ1n) is 11.2. The second-order valence-electron chi connectivity index (χ2n) is 10.5. The first kappa shape index (κ1) is 20.3. The van der Waals surface area contributed by atoms with Crippen molar-refractivity contribution in [1.82, 2.24) is 0 Å². The Hall–Kier alpha value is -2.34. The Kier molecular flexibility index (Phi) is 4.04. The van der Waals surface area contributed by atoms with Gasteiger partial charge in [0, 0.05) is 32.0 Å². The summed E-state index contributed by atoms with van der Waals surface area (Å²) < 4.78 is 21.8. The predicted molar refractivity (Wildman–Crippen MR) is 134 cm³/mol. The molecule has 4 aromatic rings. The molecule has 1 aromatic heterocycles. The van der Waals surface area contributed by atoms with Crippen molar-refractivity contribution in [1.29, 1.82) is 0 Å². The van der Waals surface area contributed by atoms with Crippen molar-refractivity contribution in [3.8, 4) is 11.5 Å². The van der Waals surface area contributed by atoms with Crippen molar-refractivity contribution in [3.63, 3.8) is 0 Å². The third kappa shape index (κ3) is 2.68. The normalized spacial score (nSPS) is 20.2. The summed E-state index contributed by atoms with van der Waals surface area (Å²) in [6, 6.07) is 19.5. The molecule has 2 aliphatic rings. The lowest BCUT2D eigenvalue weighted by Gasteiger charge is -2.35. The molecule has 0 spiro atoms. The minimum absolute atomic E-state index is 0.165. The Morgan fingerprint density at radius 2 is 1.44 bits per heavy atom. The topological polar surface area (TPSA) is 27.7 Å². The van der Waals surface area contributed by atoms with Gasteiger partial charge in [-0.3, -0.25) is 0 Å². The number of fused-ring (bicyclic) bond motifs is 6. The summed E-state index contributed by atoms with van der Waals surface area (Å²) in [6.45, 7) is 12.9. The highest BCUT2D eigenvalue weighted by atomic mass is 32.1. The van der Waals surface area contributed by atoms with E-state index in [0.717, 1.165) is 17.0 Å². The maximum atomic E-state index is 6.66. The molecular weight excluding hydrogens is 415 g/mol. The molecule has 6 rings (SSSR count). The van der Waals surface area contributed by atoms with Gasteiger partial charge in [-0.1, -0.05) is 56.3 Å². The van der Waals surface area contributed by atoms with E-state index in [9.17, 15) is 0 Å². The smallest absolute Gasteiger partial charge is 0.455 e. The first-order chi connectivity index (χ1) is 15.1. The summed E-state index contributed by atoms with van der Waals surface area (Å²) in [5.74, 6) is 1.87. The predicted octanol–water partition coefficient (Wildman–Crippen LogP) is 6.79. The van der Waals surface area contributed by atoms with Gasteiger partial charge in [0.15, 0.2) is 0 Å². The zero-order chi connectivity index (χ0) is 22.5. The molecule has 32 heavy (non-hydrogen) atoms. The summed E-state index contributed by atoms with van der Waals surface area (Å²) in [4.78, 5) is 0. The molecule has 5 heteroatoms. The highest BCUT2D eigenvalue weighted by molar-refractivity contribution is 7.26. The van der Waals surface area contributed by atoms with Gasteiger partial charge in [-0.05, 0) is 45.3 Å². The van der Waals surface area contributed by atoms with Crippen LogP contribution in [0.15, 0.2) is 54.6 Å². The van der Waals surface area contributed by atoms with Crippen molar-refractivity contribution in [2.45, 2.75) is 58.2 Å². The molecule has 0 bridgehead atoms. The third-order valence-electron chi connectivity index (χ3n) is 7.59. The second-order valence-corrected chi connectivity index (χ2v) is 11.5. The molecule has 3 aromatic carbocycles. The lowest BCUT2D eigenvalue weighted by Crippen LogP contribution is -2.41. The standard InChI is InChI=1S/C27H27BO3S/c1-25(2)19-13-11-16(28-30-26(3,4)27(5,6)31-28)15-21(19)29-23-20(25)14-12-18-17-9-7-8-10-22(17)32-24(18)23/h7-15H,1-6H3. The minimum atomic E-state index is -0.404. The second kappa shape index (κ2) is 6.37. The number of ether oxygens (including phenoxy) is 1. The van der Waals surface area contributed by atoms with Gasteiger partial charge in [-0.25, -0.2) is 0 Å². The summed E-state index contributed by atoms with van der Waals surface area (Å²) in [6.07, 6.45) is 0. The highest BCUT2D eigenvalue weighted by Crippen LogP contribution is 2.52. The molecule has 0 amide bonds. The van der Waals surface area contributed by atoms with Crippen LogP contribution in [0.5, 0.6) is 11.5 Å². The van der Waals surface area contributed by atoms with Gasteiger partial charge in [0.05, 0.1) is 15.9 Å². The van der Waals surface area contributed by atoms with Gasteiger partial charge in [0.25, 0.3) is 0 Å². The van der Waals surface area contributed by atoms with Crippen molar-refractivity contribution < 1.29 is 14.0 Å². The molecule has 3 heterocycles. The summed E-state index contributed by atoms with van der Waals surface area (Å²) >= 11 is 1.81. The Morgan fingerprint density at radius 3 is 2.19 bits per heavy atom. The zero-order valence-corrected chi connectivity index (χ0v) is 20.2. The van der Waals surface area contributed by atoms with E-state index in [1.165, 1.54) is 31.3 Å². The van der Waals surface area contributed by atoms with Gasteiger partial charge < -0.3 is 14.0 Å². The van der Waals surface area contributed by atoms with E-state index in [1.54, 1.807) is 11.3 Å². The molecule has 0 atom stereocenters. The minimum Gasteiger partial charge on any atom is -0.455 e. The van der Waals surface area contributed by atoms with Crippen LogP contribution in [-0.2, 0) is 14.7 Å². The molecule has 162 valence electrons. The number of hydrogen-bond acceptors (Lipinski definition) is 4. The van der Waals surface area contributed by atoms with Crippen molar-refractivity contribution >= 4 is 44.1 Å². The number of benzene rings is 3. The highest BCUT2D eigenvalue weighted by Gasteiger charge is 2.52. The molecule has 0 aliphatic carbocycles. The molecule has 1 saturated heterocycles. The van der Waals surface area contributed by atoms with E-state index in [2.05, 4.69) is 96.1 Å². The largest absolute Gasteiger partial charge is 0.494 e.